The molecule has 0 bridgehead atoms. The van der Waals surface area contributed by atoms with E-state index in [-0.39, 0.29) is 0 Å². The van der Waals surface area contributed by atoms with Gasteiger partial charge in [0.1, 0.15) is 0 Å². The zero-order chi connectivity index (χ0) is 14.2. The summed E-state index contributed by atoms with van der Waals surface area (Å²) in [5, 5.41) is 8.44. The lowest BCUT2D eigenvalue weighted by atomic mass is 10.1. The Labute approximate surface area is 123 Å². The number of rotatable bonds is 3. The van der Waals surface area contributed by atoms with Crippen LogP contribution in [0.5, 0.6) is 0 Å². The highest BCUT2D eigenvalue weighted by Crippen LogP contribution is 2.33. The monoisotopic (exact) mass is 282 g/mol. The lowest BCUT2D eigenvalue weighted by molar-refractivity contribution is 0.203. The summed E-state index contributed by atoms with van der Waals surface area (Å²) in [6.45, 7) is 3.93. The highest BCUT2D eigenvalue weighted by molar-refractivity contribution is 5.46. The first-order chi connectivity index (χ1) is 10.3. The Morgan fingerprint density at radius 3 is 3.14 bits per heavy atom. The van der Waals surface area contributed by atoms with Gasteiger partial charge in [-0.05, 0) is 44.5 Å². The number of hydrogen-bond donors (Lipinski definition) is 0. The summed E-state index contributed by atoms with van der Waals surface area (Å²) in [5.74, 6) is 0.984. The van der Waals surface area contributed by atoms with Crippen LogP contribution >= 0.6 is 0 Å². The molecule has 3 aromatic rings. The summed E-state index contributed by atoms with van der Waals surface area (Å²) in [4.78, 5) is 2.45. The van der Waals surface area contributed by atoms with Crippen molar-refractivity contribution in [1.82, 2.24) is 19.7 Å². The van der Waals surface area contributed by atoms with E-state index in [2.05, 4.69) is 39.4 Å². The molecule has 1 unspecified atom stereocenters. The maximum atomic E-state index is 5.47. The first-order valence-electron chi connectivity index (χ1n) is 7.40. The van der Waals surface area contributed by atoms with E-state index < -0.39 is 0 Å². The summed E-state index contributed by atoms with van der Waals surface area (Å²) in [6.07, 6.45) is 4.17. The van der Waals surface area contributed by atoms with Gasteiger partial charge in [-0.25, -0.2) is 4.52 Å². The molecule has 0 radical (unpaired) electrons. The minimum absolute atomic E-state index is 0.331. The van der Waals surface area contributed by atoms with E-state index in [4.69, 9.17) is 4.52 Å². The van der Waals surface area contributed by atoms with Crippen LogP contribution in [0, 0.1) is 6.92 Å². The van der Waals surface area contributed by atoms with Gasteiger partial charge in [0.15, 0.2) is 5.76 Å². The molecule has 3 aromatic heterocycles. The number of nitrogens with zero attached hydrogens (tertiary/aromatic N) is 4. The standard InChI is InChI=1S/C16H18N4O/c1-12-10-16(21-18-12)15-6-3-9-19(15)11-14-5-2-4-13-7-8-17-20(13)14/h2,4-5,7-8,10,15H,3,6,9,11H2,1H3. The molecule has 1 aliphatic rings. The maximum Gasteiger partial charge on any atom is 0.154 e. The quantitative estimate of drug-likeness (QED) is 0.741. The molecule has 0 spiro atoms. The molecule has 0 aromatic carbocycles. The highest BCUT2D eigenvalue weighted by atomic mass is 16.5. The highest BCUT2D eigenvalue weighted by Gasteiger charge is 2.29. The summed E-state index contributed by atoms with van der Waals surface area (Å²) in [5.41, 5.74) is 3.30. The molecular formula is C16H18N4O. The van der Waals surface area contributed by atoms with E-state index in [1.807, 2.05) is 23.7 Å². The lowest BCUT2D eigenvalue weighted by Gasteiger charge is -2.22. The van der Waals surface area contributed by atoms with Crippen molar-refractivity contribution in [2.24, 2.45) is 0 Å². The van der Waals surface area contributed by atoms with Gasteiger partial charge >= 0.3 is 0 Å². The fourth-order valence-corrected chi connectivity index (χ4v) is 3.21. The third kappa shape index (κ3) is 2.23. The van der Waals surface area contributed by atoms with Crippen LogP contribution in [0.4, 0.5) is 0 Å². The maximum absolute atomic E-state index is 5.47. The van der Waals surface area contributed by atoms with Crippen molar-refractivity contribution in [3.05, 3.63) is 53.7 Å². The third-order valence-electron chi connectivity index (χ3n) is 4.20. The van der Waals surface area contributed by atoms with Crippen molar-refractivity contribution < 1.29 is 4.52 Å². The molecule has 0 amide bonds. The molecule has 108 valence electrons. The Hall–Kier alpha value is -2.14. The fraction of sp³-hybridized carbons (Fsp3) is 0.375. The van der Waals surface area contributed by atoms with Gasteiger partial charge in [-0.1, -0.05) is 11.2 Å². The molecule has 5 heteroatoms. The van der Waals surface area contributed by atoms with E-state index in [1.165, 1.54) is 12.1 Å². The second-order valence-corrected chi connectivity index (χ2v) is 5.68. The van der Waals surface area contributed by atoms with Crippen molar-refractivity contribution in [2.75, 3.05) is 6.54 Å². The molecule has 4 rings (SSSR count). The summed E-state index contributed by atoms with van der Waals surface area (Å²) >= 11 is 0. The van der Waals surface area contributed by atoms with Crippen LogP contribution in [0.3, 0.4) is 0 Å². The van der Waals surface area contributed by atoms with E-state index in [9.17, 15) is 0 Å². The van der Waals surface area contributed by atoms with Gasteiger partial charge in [-0.15, -0.1) is 0 Å². The first kappa shape index (κ1) is 12.6. The second kappa shape index (κ2) is 5.00. The van der Waals surface area contributed by atoms with Crippen LogP contribution in [-0.2, 0) is 6.54 Å². The van der Waals surface area contributed by atoms with Crippen molar-refractivity contribution in [3.8, 4) is 0 Å². The fourth-order valence-electron chi connectivity index (χ4n) is 3.21. The zero-order valence-corrected chi connectivity index (χ0v) is 12.1. The SMILES string of the molecule is Cc1cc(C2CCCN2Cc2cccc3ccnn23)on1. The van der Waals surface area contributed by atoms with E-state index >= 15 is 0 Å². The number of aromatic nitrogens is 3. The Bertz CT molecular complexity index is 760. The molecule has 5 nitrogen and oxygen atoms in total. The van der Waals surface area contributed by atoms with Gasteiger partial charge in [0.05, 0.1) is 22.9 Å². The molecule has 0 aliphatic carbocycles. The predicted molar refractivity (Wildman–Crippen MR) is 78.8 cm³/mol. The normalized spacial score (nSPS) is 19.6. The Morgan fingerprint density at radius 1 is 1.33 bits per heavy atom. The average molecular weight is 282 g/mol. The van der Waals surface area contributed by atoms with E-state index in [0.717, 1.165) is 36.5 Å². The smallest absolute Gasteiger partial charge is 0.154 e. The number of pyridine rings is 1. The summed E-state index contributed by atoms with van der Waals surface area (Å²) in [7, 11) is 0. The van der Waals surface area contributed by atoms with Crippen molar-refractivity contribution in [2.45, 2.75) is 32.4 Å². The zero-order valence-electron chi connectivity index (χ0n) is 12.1. The van der Waals surface area contributed by atoms with Gasteiger partial charge in [0, 0.05) is 18.8 Å². The van der Waals surface area contributed by atoms with Gasteiger partial charge < -0.3 is 4.52 Å². The predicted octanol–water partition coefficient (Wildman–Crippen LogP) is 2.97. The molecule has 1 atom stereocenters. The van der Waals surface area contributed by atoms with Gasteiger partial charge in [0.25, 0.3) is 0 Å². The Morgan fingerprint density at radius 2 is 2.29 bits per heavy atom. The number of hydrogen-bond acceptors (Lipinski definition) is 4. The third-order valence-corrected chi connectivity index (χ3v) is 4.20. The molecule has 21 heavy (non-hydrogen) atoms. The van der Waals surface area contributed by atoms with Crippen molar-refractivity contribution in [1.29, 1.82) is 0 Å². The topological polar surface area (TPSA) is 46.6 Å². The summed E-state index contributed by atoms with van der Waals surface area (Å²) in [6, 6.07) is 10.7. The Kier molecular flexibility index (Phi) is 3.00. The number of aryl methyl sites for hydroxylation is 1. The Balaban J connectivity index is 1.62. The average Bonchev–Trinajstić information content (AvgIpc) is 3.18. The van der Waals surface area contributed by atoms with Gasteiger partial charge in [-0.3, -0.25) is 4.90 Å². The second-order valence-electron chi connectivity index (χ2n) is 5.68. The largest absolute Gasteiger partial charge is 0.359 e. The molecule has 1 fully saturated rings. The van der Waals surface area contributed by atoms with Crippen LogP contribution in [0.25, 0.3) is 5.52 Å². The molecule has 1 aliphatic heterocycles. The molecular weight excluding hydrogens is 264 g/mol. The summed E-state index contributed by atoms with van der Waals surface area (Å²) < 4.78 is 7.49. The minimum atomic E-state index is 0.331. The number of likely N-dealkylation sites (tertiary alicyclic amines) is 1. The lowest BCUT2D eigenvalue weighted by Crippen LogP contribution is -2.23. The minimum Gasteiger partial charge on any atom is -0.359 e. The van der Waals surface area contributed by atoms with Gasteiger partial charge in [0.2, 0.25) is 0 Å². The first-order valence-corrected chi connectivity index (χ1v) is 7.40. The molecule has 0 saturated carbocycles. The van der Waals surface area contributed by atoms with E-state index in [0.29, 0.717) is 6.04 Å². The number of fused-ring (bicyclic) bond motifs is 1. The van der Waals surface area contributed by atoms with E-state index in [1.54, 1.807) is 0 Å². The van der Waals surface area contributed by atoms with Crippen molar-refractivity contribution in [3.63, 3.8) is 0 Å². The van der Waals surface area contributed by atoms with Crippen LogP contribution in [0.2, 0.25) is 0 Å². The van der Waals surface area contributed by atoms with Crippen LogP contribution < -0.4 is 0 Å². The molecule has 1 saturated heterocycles. The van der Waals surface area contributed by atoms with Crippen LogP contribution in [0.1, 0.15) is 36.0 Å². The van der Waals surface area contributed by atoms with Crippen molar-refractivity contribution >= 4 is 5.52 Å². The van der Waals surface area contributed by atoms with Crippen LogP contribution in [0.15, 0.2) is 41.1 Å². The molecule has 0 N–H and O–H groups in total. The molecule has 4 heterocycles. The van der Waals surface area contributed by atoms with Crippen LogP contribution in [-0.4, -0.2) is 26.2 Å². The van der Waals surface area contributed by atoms with Gasteiger partial charge in [-0.2, -0.15) is 5.10 Å².